The van der Waals surface area contributed by atoms with Crippen LogP contribution >= 0.6 is 0 Å². The molecule has 2 rings (SSSR count). The molecule has 5 heteroatoms. The number of para-hydroxylation sites is 1. The maximum Gasteiger partial charge on any atom is 0.253 e. The van der Waals surface area contributed by atoms with Gasteiger partial charge in [-0.05, 0) is 43.0 Å². The van der Waals surface area contributed by atoms with Crippen molar-refractivity contribution in [3.8, 4) is 0 Å². The Kier molecular flexibility index (Phi) is 6.04. The Labute approximate surface area is 143 Å². The average Bonchev–Trinajstić information content (AvgIpc) is 3.03. The molecule has 5 nitrogen and oxygen atoms in total. The highest BCUT2D eigenvalue weighted by atomic mass is 16.3. The van der Waals surface area contributed by atoms with Gasteiger partial charge in [0.15, 0.2) is 0 Å². The van der Waals surface area contributed by atoms with Crippen LogP contribution in [0.2, 0.25) is 0 Å². The van der Waals surface area contributed by atoms with Crippen molar-refractivity contribution in [1.82, 2.24) is 5.32 Å². The van der Waals surface area contributed by atoms with Crippen molar-refractivity contribution in [3.05, 3.63) is 54.0 Å². The molecular formula is C19H26N2O3. The number of nitrogens with one attached hydrogen (secondary N) is 2. The molecule has 0 radical (unpaired) electrons. The van der Waals surface area contributed by atoms with Gasteiger partial charge in [0.05, 0.1) is 24.5 Å². The first-order valence-corrected chi connectivity index (χ1v) is 8.19. The van der Waals surface area contributed by atoms with E-state index in [1.807, 2.05) is 44.2 Å². The molecule has 130 valence electrons. The van der Waals surface area contributed by atoms with Gasteiger partial charge in [-0.15, -0.1) is 0 Å². The summed E-state index contributed by atoms with van der Waals surface area (Å²) in [5, 5.41) is 15.7. The van der Waals surface area contributed by atoms with E-state index < -0.39 is 0 Å². The predicted octanol–water partition coefficient (Wildman–Crippen LogP) is 3.42. The smallest absolute Gasteiger partial charge is 0.253 e. The van der Waals surface area contributed by atoms with E-state index in [-0.39, 0.29) is 17.4 Å². The third kappa shape index (κ3) is 5.42. The molecular weight excluding hydrogens is 304 g/mol. The van der Waals surface area contributed by atoms with Crippen molar-refractivity contribution in [2.75, 3.05) is 11.9 Å². The molecule has 1 aromatic carbocycles. The summed E-state index contributed by atoms with van der Waals surface area (Å²) >= 11 is 0. The van der Waals surface area contributed by atoms with E-state index in [0.29, 0.717) is 25.1 Å². The van der Waals surface area contributed by atoms with Crippen LogP contribution in [0.4, 0.5) is 5.69 Å². The molecule has 1 aromatic heterocycles. The Bertz CT molecular complexity index is 648. The fourth-order valence-electron chi connectivity index (χ4n) is 2.72. The lowest BCUT2D eigenvalue weighted by Crippen LogP contribution is -2.36. The van der Waals surface area contributed by atoms with Crippen LogP contribution in [0.3, 0.4) is 0 Å². The standard InChI is InChI=1S/C19H26N2O3/c1-14(22)11-19(2,3)13-21-18(23)16-8-4-5-9-17(16)20-12-15-7-6-10-24-15/h4-10,14,20,22H,11-13H2,1-3H3,(H,21,23). The minimum atomic E-state index is -0.390. The molecule has 0 bridgehead atoms. The normalized spacial score (nSPS) is 12.7. The quantitative estimate of drug-likeness (QED) is 0.693. The molecule has 0 aliphatic carbocycles. The summed E-state index contributed by atoms with van der Waals surface area (Å²) in [6, 6.07) is 11.1. The molecule has 0 aliphatic rings. The maximum atomic E-state index is 12.5. The minimum absolute atomic E-state index is 0.129. The Morgan fingerprint density at radius 3 is 2.67 bits per heavy atom. The first kappa shape index (κ1) is 18.1. The number of carbonyl (C=O) groups is 1. The summed E-state index contributed by atoms with van der Waals surface area (Å²) in [4.78, 5) is 12.5. The van der Waals surface area contributed by atoms with Gasteiger partial charge in [0.25, 0.3) is 5.91 Å². The van der Waals surface area contributed by atoms with E-state index in [1.165, 1.54) is 0 Å². The number of aliphatic hydroxyl groups excluding tert-OH is 1. The number of amides is 1. The molecule has 0 saturated carbocycles. The van der Waals surface area contributed by atoms with Gasteiger partial charge in [0.1, 0.15) is 5.76 Å². The van der Waals surface area contributed by atoms with E-state index in [9.17, 15) is 9.90 Å². The van der Waals surface area contributed by atoms with Crippen molar-refractivity contribution in [2.24, 2.45) is 5.41 Å². The number of carbonyl (C=O) groups excluding carboxylic acids is 1. The topological polar surface area (TPSA) is 74.5 Å². The highest BCUT2D eigenvalue weighted by Crippen LogP contribution is 2.22. The zero-order valence-electron chi connectivity index (χ0n) is 14.5. The summed E-state index contributed by atoms with van der Waals surface area (Å²) in [7, 11) is 0. The SMILES string of the molecule is CC(O)CC(C)(C)CNC(=O)c1ccccc1NCc1ccco1. The molecule has 1 heterocycles. The van der Waals surface area contributed by atoms with Crippen LogP contribution in [0.5, 0.6) is 0 Å². The Balaban J connectivity index is 1.98. The Morgan fingerprint density at radius 2 is 2.00 bits per heavy atom. The summed E-state index contributed by atoms with van der Waals surface area (Å²) < 4.78 is 5.30. The number of hydrogen-bond acceptors (Lipinski definition) is 4. The molecule has 1 amide bonds. The zero-order chi connectivity index (χ0) is 17.6. The lowest BCUT2D eigenvalue weighted by molar-refractivity contribution is 0.0902. The molecule has 0 saturated heterocycles. The van der Waals surface area contributed by atoms with Crippen LogP contribution in [-0.2, 0) is 6.54 Å². The summed E-state index contributed by atoms with van der Waals surface area (Å²) in [6.45, 7) is 6.84. The van der Waals surface area contributed by atoms with Gasteiger partial charge in [-0.2, -0.15) is 0 Å². The first-order chi connectivity index (χ1) is 11.4. The average molecular weight is 330 g/mol. The van der Waals surface area contributed by atoms with Crippen molar-refractivity contribution < 1.29 is 14.3 Å². The summed E-state index contributed by atoms with van der Waals surface area (Å²) in [6.07, 6.45) is 1.87. The van der Waals surface area contributed by atoms with Crippen LogP contribution in [-0.4, -0.2) is 23.7 Å². The largest absolute Gasteiger partial charge is 0.467 e. The summed E-state index contributed by atoms with van der Waals surface area (Å²) in [5.74, 6) is 0.680. The monoisotopic (exact) mass is 330 g/mol. The summed E-state index contributed by atoms with van der Waals surface area (Å²) in [5.41, 5.74) is 1.19. The predicted molar refractivity (Wildman–Crippen MR) is 94.9 cm³/mol. The van der Waals surface area contributed by atoms with Crippen LogP contribution < -0.4 is 10.6 Å². The molecule has 1 unspecified atom stereocenters. The number of furan rings is 1. The molecule has 3 N–H and O–H groups in total. The second-order valence-electron chi connectivity index (χ2n) is 6.88. The second-order valence-corrected chi connectivity index (χ2v) is 6.88. The van der Waals surface area contributed by atoms with Gasteiger partial charge in [-0.1, -0.05) is 26.0 Å². The number of hydrogen-bond donors (Lipinski definition) is 3. The molecule has 0 fully saturated rings. The van der Waals surface area contributed by atoms with Gasteiger partial charge < -0.3 is 20.2 Å². The van der Waals surface area contributed by atoms with Crippen molar-refractivity contribution in [2.45, 2.75) is 39.8 Å². The van der Waals surface area contributed by atoms with E-state index in [2.05, 4.69) is 10.6 Å². The fraction of sp³-hybridized carbons (Fsp3) is 0.421. The molecule has 24 heavy (non-hydrogen) atoms. The van der Waals surface area contributed by atoms with Gasteiger partial charge in [0.2, 0.25) is 0 Å². The Hall–Kier alpha value is -2.27. The maximum absolute atomic E-state index is 12.5. The van der Waals surface area contributed by atoms with Gasteiger partial charge >= 0.3 is 0 Å². The third-order valence-electron chi connectivity index (χ3n) is 3.78. The van der Waals surface area contributed by atoms with E-state index in [1.54, 1.807) is 19.3 Å². The zero-order valence-corrected chi connectivity index (χ0v) is 14.5. The first-order valence-electron chi connectivity index (χ1n) is 8.19. The van der Waals surface area contributed by atoms with E-state index in [0.717, 1.165) is 11.4 Å². The number of anilines is 1. The molecule has 0 aliphatic heterocycles. The van der Waals surface area contributed by atoms with Crippen molar-refractivity contribution in [3.63, 3.8) is 0 Å². The number of aliphatic hydroxyl groups is 1. The van der Waals surface area contributed by atoms with E-state index in [4.69, 9.17) is 4.42 Å². The van der Waals surface area contributed by atoms with Gasteiger partial charge in [0, 0.05) is 12.2 Å². The molecule has 0 spiro atoms. The van der Waals surface area contributed by atoms with Crippen LogP contribution in [0.25, 0.3) is 0 Å². The van der Waals surface area contributed by atoms with Crippen LogP contribution in [0, 0.1) is 5.41 Å². The molecule has 1 atom stereocenters. The highest BCUT2D eigenvalue weighted by Gasteiger charge is 2.22. The number of benzene rings is 1. The van der Waals surface area contributed by atoms with Crippen molar-refractivity contribution in [1.29, 1.82) is 0 Å². The van der Waals surface area contributed by atoms with Gasteiger partial charge in [-0.3, -0.25) is 4.79 Å². The third-order valence-corrected chi connectivity index (χ3v) is 3.78. The van der Waals surface area contributed by atoms with Gasteiger partial charge in [-0.25, -0.2) is 0 Å². The van der Waals surface area contributed by atoms with Crippen LogP contribution in [0.15, 0.2) is 47.1 Å². The molecule has 2 aromatic rings. The lowest BCUT2D eigenvalue weighted by Gasteiger charge is -2.26. The van der Waals surface area contributed by atoms with Crippen LogP contribution in [0.1, 0.15) is 43.3 Å². The minimum Gasteiger partial charge on any atom is -0.467 e. The van der Waals surface area contributed by atoms with Crippen molar-refractivity contribution >= 4 is 11.6 Å². The number of rotatable bonds is 8. The highest BCUT2D eigenvalue weighted by molar-refractivity contribution is 5.99. The lowest BCUT2D eigenvalue weighted by atomic mass is 9.87. The Morgan fingerprint density at radius 1 is 1.25 bits per heavy atom. The second kappa shape index (κ2) is 8.02. The van der Waals surface area contributed by atoms with E-state index >= 15 is 0 Å². The fourth-order valence-corrected chi connectivity index (χ4v) is 2.72.